The van der Waals surface area contributed by atoms with E-state index in [1.807, 2.05) is 89.3 Å². The van der Waals surface area contributed by atoms with Crippen molar-refractivity contribution in [2.45, 2.75) is 212 Å². The predicted octanol–water partition coefficient (Wildman–Crippen LogP) is 25.9. The van der Waals surface area contributed by atoms with Gasteiger partial charge in [-0.05, 0) is 281 Å². The van der Waals surface area contributed by atoms with Gasteiger partial charge >= 0.3 is 0 Å². The lowest BCUT2D eigenvalue weighted by atomic mass is 9.99. The lowest BCUT2D eigenvalue weighted by molar-refractivity contribution is 0.0184. The fourth-order valence-electron chi connectivity index (χ4n) is 18.5. The van der Waals surface area contributed by atoms with E-state index in [0.717, 1.165) is 77.1 Å². The molecule has 762 valence electrons. The maximum atomic E-state index is 11.8. The SMILES string of the molecule is C.C.COCCOCCOCCOS(=O)(=O)c1ccc(C)cc1.CSc1ccc2c(c1)N(CCC1CCCCN1)c1ccccc1S2.CSc1ccc2c(c1)N(CCC1CCCCN1C)c1ccccc1S2.CSc1ccc2c(c1)N(CCC1CCCCN1CCOCCOCCN)c1ccccc1S2.CSc1ccc2c(c1)N(CCC1CCCCN1CCOCCOCCN=[N+]=[N-])c1ccccc1S2. The molecule has 4 fully saturated rings. The molecule has 31 heteroatoms. The average Bonchev–Trinajstić information content (AvgIpc) is 0.782. The molecule has 0 saturated carbocycles. The fraction of sp³-hybridized carbons (Fsp3) is 0.505. The topological polar surface area (TPSA) is 217 Å². The van der Waals surface area contributed by atoms with Crippen molar-refractivity contribution in [3.05, 3.63) is 210 Å². The van der Waals surface area contributed by atoms with Gasteiger partial charge in [0, 0.05) is 147 Å². The molecule has 4 saturated heterocycles. The van der Waals surface area contributed by atoms with Gasteiger partial charge in [-0.25, -0.2) is 0 Å². The molecule has 9 aromatic carbocycles. The summed E-state index contributed by atoms with van der Waals surface area (Å²) in [5.41, 5.74) is 25.6. The lowest BCUT2D eigenvalue weighted by Gasteiger charge is -2.38. The number of azide groups is 1. The van der Waals surface area contributed by atoms with Gasteiger partial charge in [-0.3, -0.25) is 14.0 Å². The van der Waals surface area contributed by atoms with Crippen molar-refractivity contribution in [1.82, 2.24) is 20.0 Å². The number of hydrogen-bond acceptors (Lipinski definition) is 28. The Morgan fingerprint density at radius 2 is 0.750 bits per heavy atom. The van der Waals surface area contributed by atoms with Crippen molar-refractivity contribution in [1.29, 1.82) is 0 Å². The monoisotopic (exact) mass is 2080 g/mol. The van der Waals surface area contributed by atoms with Gasteiger partial charge in [0.25, 0.3) is 10.1 Å². The third kappa shape index (κ3) is 34.7. The molecule has 4 unspecified atom stereocenters. The van der Waals surface area contributed by atoms with Crippen LogP contribution in [0.4, 0.5) is 45.5 Å². The van der Waals surface area contributed by atoms with E-state index in [9.17, 15) is 8.42 Å². The average molecular weight is 2080 g/mol. The summed E-state index contributed by atoms with van der Waals surface area (Å²) in [5.74, 6) is 0. The van der Waals surface area contributed by atoms with Crippen LogP contribution in [0.5, 0.6) is 0 Å². The number of thioether (sulfide) groups is 4. The third-order valence-corrected chi connectivity index (χ3v) is 34.7. The number of methoxy groups -OCH3 is 1. The summed E-state index contributed by atoms with van der Waals surface area (Å²) in [7, 11) is 0.189. The number of nitrogens with zero attached hydrogens (tertiary/aromatic N) is 10. The van der Waals surface area contributed by atoms with Gasteiger partial charge in [0.2, 0.25) is 0 Å². The van der Waals surface area contributed by atoms with Crippen molar-refractivity contribution >= 4 is 150 Å². The van der Waals surface area contributed by atoms with Crippen LogP contribution in [0.25, 0.3) is 10.4 Å². The van der Waals surface area contributed by atoms with Gasteiger partial charge < -0.3 is 68.7 Å². The number of aryl methyl sites for hydroxylation is 1. The quantitative estimate of drug-likeness (QED) is 0.00906. The van der Waals surface area contributed by atoms with Crippen LogP contribution in [0.1, 0.15) is 123 Å². The molecular weight excluding hydrogens is 1930 g/mol. The summed E-state index contributed by atoms with van der Waals surface area (Å²) in [6.45, 7) is 20.8. The number of benzene rings is 9. The Hall–Kier alpha value is -6.28. The van der Waals surface area contributed by atoms with E-state index in [0.29, 0.717) is 97.3 Å². The molecule has 0 spiro atoms. The number of para-hydroxylation sites is 4. The molecule has 4 atom stereocenters. The Morgan fingerprint density at radius 3 is 1.14 bits per heavy atom. The van der Waals surface area contributed by atoms with Crippen LogP contribution in [-0.4, -0.2) is 257 Å². The highest BCUT2D eigenvalue weighted by atomic mass is 32.2. The summed E-state index contributed by atoms with van der Waals surface area (Å²) in [6, 6.07) is 72.0. The fourth-order valence-corrected chi connectivity index (χ4v) is 25.5. The first-order valence-corrected chi connectivity index (χ1v) is 58.8. The third-order valence-electron chi connectivity index (χ3n) is 26.0. The van der Waals surface area contributed by atoms with E-state index in [1.165, 1.54) is 232 Å². The highest BCUT2D eigenvalue weighted by molar-refractivity contribution is 8.01. The van der Waals surface area contributed by atoms with Crippen LogP contribution in [0, 0.1) is 6.92 Å². The number of rotatable bonds is 44. The molecule has 22 nitrogen and oxygen atoms in total. The molecule has 140 heavy (non-hydrogen) atoms. The number of hydrogen-bond donors (Lipinski definition) is 2. The number of likely N-dealkylation sites (tertiary alicyclic amines) is 3. The molecule has 3 N–H and O–H groups in total. The summed E-state index contributed by atoms with van der Waals surface area (Å²) in [4.78, 5) is 37.1. The van der Waals surface area contributed by atoms with E-state index < -0.39 is 10.1 Å². The van der Waals surface area contributed by atoms with Crippen molar-refractivity contribution in [2.24, 2.45) is 10.8 Å². The van der Waals surface area contributed by atoms with E-state index in [1.54, 1.807) is 31.0 Å². The second-order valence-corrected chi connectivity index (χ2v) is 44.5. The molecule has 8 heterocycles. The summed E-state index contributed by atoms with van der Waals surface area (Å²) >= 11 is 14.9. The zero-order valence-electron chi connectivity index (χ0n) is 81.8. The van der Waals surface area contributed by atoms with E-state index in [-0.39, 0.29) is 33.0 Å². The summed E-state index contributed by atoms with van der Waals surface area (Å²) < 4.78 is 66.2. The minimum Gasteiger partial charge on any atom is -0.382 e. The standard InChI is InChI=1S/C26H35N5O2S2.C26H37N3O2S2.C21H26N2S2.C20H24N2S2.C14H22O6S.2CH4/c1-34-22-9-10-26-24(20-22)31(23-7-2-3-8-25(23)35-26)14-11-21-6-4-5-13-30(21)15-17-33-19-18-32-16-12-28-29-27;1-32-22-9-10-26-24(20-22)29(23-7-2-3-8-25(23)33-26)14-11-21-6-4-5-13-28(21)15-17-31-19-18-30-16-12-27;1-22-13-6-5-7-16(22)12-14-23-18-8-3-4-9-20(18)25-21-11-10-17(24-2)15-19(21)23;1-23-16-9-10-20-18(14-16)22(13-11-15-6-4-5-12-21-15)17-7-2-3-8-19(17)24-20;1-13-3-5-14(6-4-13)21(15,16)20-12-11-19-10-9-18-8-7-17-2;;/h2-3,7-10,20-21H,4-6,11-19H2,1H3;2-3,7-10,20-21H,4-6,11-19,27H2,1H3;3-4,8-11,15-16H,5-7,12-14H2,1-2H3;2-3,7-10,14-15,21H,4-6,11-13H2,1H3;3-6H,7-12H2,1-2H3;2*1H4. The van der Waals surface area contributed by atoms with Crippen LogP contribution < -0.4 is 30.7 Å². The second kappa shape index (κ2) is 62.6. The van der Waals surface area contributed by atoms with Gasteiger partial charge in [0.1, 0.15) is 0 Å². The first kappa shape index (κ1) is 114. The largest absolute Gasteiger partial charge is 0.382 e. The Balaban J connectivity index is 0.000000169. The van der Waals surface area contributed by atoms with Crippen molar-refractivity contribution in [3.8, 4) is 0 Å². The second-order valence-electron chi connectivity index (χ2n) is 35.0. The Labute approximate surface area is 871 Å². The molecule has 0 bridgehead atoms. The maximum Gasteiger partial charge on any atom is 0.297 e. The highest BCUT2D eigenvalue weighted by Crippen LogP contribution is 2.54. The van der Waals surface area contributed by atoms with Crippen LogP contribution >= 0.6 is 94.1 Å². The number of nitrogens with two attached hydrogens (primary N) is 1. The Kier molecular flexibility index (Phi) is 51.0. The lowest BCUT2D eigenvalue weighted by Crippen LogP contribution is -2.43. The first-order chi connectivity index (χ1) is 67.8. The highest BCUT2D eigenvalue weighted by Gasteiger charge is 2.33. The minimum absolute atomic E-state index is 0. The zero-order chi connectivity index (χ0) is 96.3. The van der Waals surface area contributed by atoms with Crippen molar-refractivity contribution < 1.29 is 45.8 Å². The van der Waals surface area contributed by atoms with Crippen LogP contribution in [0.2, 0.25) is 0 Å². The molecule has 0 aliphatic carbocycles. The van der Waals surface area contributed by atoms with E-state index in [4.69, 9.17) is 48.6 Å². The molecular formula is C109H152N12O10S9. The maximum absolute atomic E-state index is 11.8. The van der Waals surface area contributed by atoms with Crippen LogP contribution in [-0.2, 0) is 47.5 Å². The number of fused-ring (bicyclic) bond motifs is 8. The van der Waals surface area contributed by atoms with Gasteiger partial charge in [-0.2, -0.15) is 8.42 Å². The molecule has 8 aliphatic heterocycles. The van der Waals surface area contributed by atoms with Gasteiger partial charge in [0.15, 0.2) is 0 Å². The van der Waals surface area contributed by atoms with Gasteiger partial charge in [-0.15, -0.1) is 47.0 Å². The molecule has 0 amide bonds. The van der Waals surface area contributed by atoms with Gasteiger partial charge in [-0.1, -0.05) is 159 Å². The summed E-state index contributed by atoms with van der Waals surface area (Å²) in [5, 5.41) is 7.16. The minimum atomic E-state index is -3.71. The normalized spacial score (nSPS) is 17.4. The smallest absolute Gasteiger partial charge is 0.297 e. The van der Waals surface area contributed by atoms with E-state index >= 15 is 0 Å². The van der Waals surface area contributed by atoms with Crippen molar-refractivity contribution in [2.75, 3.05) is 230 Å². The van der Waals surface area contributed by atoms with Crippen molar-refractivity contribution in [3.63, 3.8) is 0 Å². The predicted molar refractivity (Wildman–Crippen MR) is 594 cm³/mol. The Morgan fingerprint density at radius 1 is 0.400 bits per heavy atom. The number of ether oxygens (including phenoxy) is 7. The molecule has 0 radical (unpaired) electrons. The zero-order valence-corrected chi connectivity index (χ0v) is 89.1. The number of nitrogens with one attached hydrogen (secondary N) is 1. The van der Waals surface area contributed by atoms with Gasteiger partial charge in [0.05, 0.1) is 143 Å². The van der Waals surface area contributed by atoms with Crippen LogP contribution in [0.15, 0.2) is 263 Å². The number of anilines is 8. The van der Waals surface area contributed by atoms with E-state index in [2.05, 4.69) is 252 Å². The molecule has 0 aromatic heterocycles. The summed E-state index contributed by atoms with van der Waals surface area (Å²) in [6.07, 6.45) is 29.2. The Bertz CT molecular complexity index is 5320. The molecule has 17 rings (SSSR count). The molecule has 9 aromatic rings. The van der Waals surface area contributed by atoms with Crippen LogP contribution in [0.3, 0.4) is 0 Å². The number of piperidine rings is 4. The molecule has 8 aliphatic rings. The first-order valence-electron chi connectivity index (χ1n) is 49.2.